The molecule has 0 spiro atoms. The molecule has 3 N–H and O–H groups in total. The van der Waals surface area contributed by atoms with Gasteiger partial charge in [0.05, 0.1) is 26.9 Å². The second-order valence-electron chi connectivity index (χ2n) is 9.45. The first-order chi connectivity index (χ1) is 17.6. The Morgan fingerprint density at radius 2 is 1.70 bits per heavy atom. The largest absolute Gasteiger partial charge is 0.478 e. The van der Waals surface area contributed by atoms with Gasteiger partial charge in [0.15, 0.2) is 0 Å². The Labute approximate surface area is 223 Å². The first-order valence-electron chi connectivity index (χ1n) is 12.3. The van der Waals surface area contributed by atoms with Gasteiger partial charge in [0.25, 0.3) is 0 Å². The van der Waals surface area contributed by atoms with E-state index in [2.05, 4.69) is 28.2 Å². The summed E-state index contributed by atoms with van der Waals surface area (Å²) in [7, 11) is -0.519. The number of nitrogens with zero attached hydrogens (tertiary/aromatic N) is 1. The van der Waals surface area contributed by atoms with Crippen LogP contribution in [-0.4, -0.2) is 33.6 Å². The third-order valence-electron chi connectivity index (χ3n) is 7.08. The van der Waals surface area contributed by atoms with Crippen molar-refractivity contribution in [1.82, 2.24) is 4.72 Å². The zero-order chi connectivity index (χ0) is 26.7. The lowest BCUT2D eigenvalue weighted by Gasteiger charge is -2.25. The highest BCUT2D eigenvalue weighted by Gasteiger charge is 2.20. The molecule has 4 rings (SSSR count). The molecule has 9 heteroatoms. The second-order valence-corrected chi connectivity index (χ2v) is 11.7. The zero-order valence-corrected chi connectivity index (χ0v) is 22.8. The van der Waals surface area contributed by atoms with Crippen LogP contribution in [0, 0.1) is 6.92 Å². The third kappa shape index (κ3) is 5.92. The van der Waals surface area contributed by atoms with Gasteiger partial charge in [0.2, 0.25) is 10.0 Å². The van der Waals surface area contributed by atoms with E-state index < -0.39 is 16.0 Å². The Bertz CT molecular complexity index is 1420. The maximum Gasteiger partial charge on any atom is 0.337 e. The molecule has 0 atom stereocenters. The Balaban J connectivity index is 1.57. The van der Waals surface area contributed by atoms with Crippen LogP contribution in [0.15, 0.2) is 59.5 Å². The number of halogens is 1. The number of sulfonamides is 1. The molecule has 37 heavy (non-hydrogen) atoms. The lowest BCUT2D eigenvalue weighted by molar-refractivity contribution is 0.0697. The Hall–Kier alpha value is -3.07. The van der Waals surface area contributed by atoms with Crippen molar-refractivity contribution in [3.63, 3.8) is 0 Å². The van der Waals surface area contributed by atoms with E-state index in [0.717, 1.165) is 23.0 Å². The van der Waals surface area contributed by atoms with E-state index in [1.165, 1.54) is 56.8 Å². The quantitative estimate of drug-likeness (QED) is 0.289. The van der Waals surface area contributed by atoms with E-state index in [1.807, 2.05) is 37.1 Å². The summed E-state index contributed by atoms with van der Waals surface area (Å²) in [5.41, 5.74) is 4.92. The predicted molar refractivity (Wildman–Crippen MR) is 149 cm³/mol. The van der Waals surface area contributed by atoms with Gasteiger partial charge in [-0.3, -0.25) is 0 Å². The third-order valence-corrected chi connectivity index (χ3v) is 8.79. The minimum absolute atomic E-state index is 0.113. The van der Waals surface area contributed by atoms with Crippen molar-refractivity contribution in [2.75, 3.05) is 24.3 Å². The second kappa shape index (κ2) is 11.1. The first kappa shape index (κ1) is 27.0. The van der Waals surface area contributed by atoms with Crippen LogP contribution in [0.2, 0.25) is 5.02 Å². The SMILES string of the molecule is CNS(=O)(=O)c1ccc(Nc2ccc(N(C)c3ccc(C4CCCCC4)cc3Cl)cc2C)c(C(=O)O)c1. The van der Waals surface area contributed by atoms with Crippen LogP contribution >= 0.6 is 11.6 Å². The minimum Gasteiger partial charge on any atom is -0.478 e. The summed E-state index contributed by atoms with van der Waals surface area (Å²) in [6, 6.07) is 16.1. The Morgan fingerprint density at radius 3 is 2.32 bits per heavy atom. The minimum atomic E-state index is -3.76. The molecule has 1 aliphatic carbocycles. The smallest absolute Gasteiger partial charge is 0.337 e. The molecule has 3 aromatic rings. The van der Waals surface area contributed by atoms with Crippen molar-refractivity contribution in [2.45, 2.75) is 49.8 Å². The molecule has 0 radical (unpaired) electrons. The molecular weight excluding hydrogens is 510 g/mol. The average molecular weight is 542 g/mol. The number of benzene rings is 3. The number of carbonyl (C=O) groups is 1. The molecule has 1 fully saturated rings. The molecule has 0 amide bonds. The number of hydrogen-bond donors (Lipinski definition) is 3. The fourth-order valence-corrected chi connectivity index (χ4v) is 5.93. The number of hydrogen-bond acceptors (Lipinski definition) is 5. The zero-order valence-electron chi connectivity index (χ0n) is 21.2. The van der Waals surface area contributed by atoms with Crippen molar-refractivity contribution >= 4 is 50.3 Å². The molecule has 0 unspecified atom stereocenters. The topological polar surface area (TPSA) is 98.7 Å². The number of aryl methyl sites for hydroxylation is 1. The number of nitrogens with one attached hydrogen (secondary N) is 2. The van der Waals surface area contributed by atoms with Crippen LogP contribution < -0.4 is 14.9 Å². The van der Waals surface area contributed by atoms with Gasteiger partial charge < -0.3 is 15.3 Å². The van der Waals surface area contributed by atoms with Crippen LogP contribution in [-0.2, 0) is 10.0 Å². The molecule has 0 bridgehead atoms. The van der Waals surface area contributed by atoms with Crippen LogP contribution in [0.5, 0.6) is 0 Å². The van der Waals surface area contributed by atoms with Gasteiger partial charge in [-0.2, -0.15) is 0 Å². The fraction of sp³-hybridized carbons (Fsp3) is 0.321. The van der Waals surface area contributed by atoms with Gasteiger partial charge in [-0.1, -0.05) is 36.9 Å². The molecule has 0 saturated heterocycles. The number of carboxylic acids is 1. The number of rotatable bonds is 8. The maximum absolute atomic E-state index is 12.1. The number of carboxylic acid groups (broad SMARTS) is 1. The lowest BCUT2D eigenvalue weighted by atomic mass is 9.84. The first-order valence-corrected chi connectivity index (χ1v) is 14.2. The van der Waals surface area contributed by atoms with Gasteiger partial charge >= 0.3 is 5.97 Å². The summed E-state index contributed by atoms with van der Waals surface area (Å²) in [4.78, 5) is 13.8. The summed E-state index contributed by atoms with van der Waals surface area (Å²) in [6.45, 7) is 1.92. The van der Waals surface area contributed by atoms with Crippen molar-refractivity contribution in [2.24, 2.45) is 0 Å². The molecule has 7 nitrogen and oxygen atoms in total. The van der Waals surface area contributed by atoms with E-state index in [4.69, 9.17) is 11.6 Å². The van der Waals surface area contributed by atoms with E-state index in [-0.39, 0.29) is 10.5 Å². The van der Waals surface area contributed by atoms with E-state index in [9.17, 15) is 18.3 Å². The number of anilines is 4. The van der Waals surface area contributed by atoms with Gasteiger partial charge in [-0.25, -0.2) is 17.9 Å². The van der Waals surface area contributed by atoms with Gasteiger partial charge in [0, 0.05) is 18.4 Å². The molecule has 3 aromatic carbocycles. The molecule has 196 valence electrons. The van der Waals surface area contributed by atoms with Gasteiger partial charge in [-0.05, 0) is 92.4 Å². The fourth-order valence-electron chi connectivity index (χ4n) is 4.86. The highest BCUT2D eigenvalue weighted by Crippen LogP contribution is 2.38. The van der Waals surface area contributed by atoms with E-state index >= 15 is 0 Å². The van der Waals surface area contributed by atoms with Crippen LogP contribution in [0.3, 0.4) is 0 Å². The lowest BCUT2D eigenvalue weighted by Crippen LogP contribution is -2.19. The van der Waals surface area contributed by atoms with Crippen LogP contribution in [0.4, 0.5) is 22.7 Å². The predicted octanol–water partition coefficient (Wildman–Crippen LogP) is 6.81. The van der Waals surface area contributed by atoms with Crippen molar-refractivity contribution in [1.29, 1.82) is 0 Å². The van der Waals surface area contributed by atoms with Crippen molar-refractivity contribution in [3.8, 4) is 0 Å². The van der Waals surface area contributed by atoms with E-state index in [0.29, 0.717) is 22.3 Å². The Morgan fingerprint density at radius 1 is 1.00 bits per heavy atom. The van der Waals surface area contributed by atoms with E-state index in [1.54, 1.807) is 0 Å². The molecule has 1 aliphatic rings. The van der Waals surface area contributed by atoms with Crippen molar-refractivity contribution < 1.29 is 18.3 Å². The van der Waals surface area contributed by atoms with Gasteiger partial charge in [0.1, 0.15) is 0 Å². The maximum atomic E-state index is 12.1. The Kier molecular flexibility index (Phi) is 8.11. The highest BCUT2D eigenvalue weighted by molar-refractivity contribution is 7.89. The standard InChI is InChI=1S/C28H32ClN3O4S/c1-18-15-21(32(3)27-14-9-20(16-24(27)29)19-7-5-4-6-8-19)10-12-25(18)31-26-13-11-22(37(35,36)30-2)17-23(26)28(33)34/h9-17,19,30-31H,4-8H2,1-3H3,(H,33,34). The number of aromatic carboxylic acids is 1. The summed E-state index contributed by atoms with van der Waals surface area (Å²) in [5, 5.41) is 13.5. The molecule has 0 aromatic heterocycles. The molecule has 0 heterocycles. The van der Waals surface area contributed by atoms with Crippen LogP contribution in [0.25, 0.3) is 0 Å². The highest BCUT2D eigenvalue weighted by atomic mass is 35.5. The average Bonchev–Trinajstić information content (AvgIpc) is 2.89. The molecule has 0 aliphatic heterocycles. The normalized spacial score (nSPS) is 14.4. The summed E-state index contributed by atoms with van der Waals surface area (Å²) in [6.07, 6.45) is 6.30. The molecule has 1 saturated carbocycles. The summed E-state index contributed by atoms with van der Waals surface area (Å²) in [5.74, 6) is -0.641. The summed E-state index contributed by atoms with van der Waals surface area (Å²) >= 11 is 6.72. The van der Waals surface area contributed by atoms with Crippen molar-refractivity contribution in [3.05, 3.63) is 76.3 Å². The monoisotopic (exact) mass is 541 g/mol. The molecular formula is C28H32ClN3O4S. The van der Waals surface area contributed by atoms with Gasteiger partial charge in [-0.15, -0.1) is 0 Å². The van der Waals surface area contributed by atoms with Crippen LogP contribution in [0.1, 0.15) is 59.5 Å². The summed E-state index contributed by atoms with van der Waals surface area (Å²) < 4.78 is 26.4.